The van der Waals surface area contributed by atoms with Crippen LogP contribution in [0.2, 0.25) is 0 Å². The van der Waals surface area contributed by atoms with Gasteiger partial charge >= 0.3 is 7.12 Å². The van der Waals surface area contributed by atoms with Gasteiger partial charge in [0, 0.05) is 25.2 Å². The van der Waals surface area contributed by atoms with Gasteiger partial charge < -0.3 is 14.6 Å². The van der Waals surface area contributed by atoms with Crippen LogP contribution in [0.15, 0.2) is 18.3 Å². The fraction of sp³-hybridized carbons (Fsp3) is 0.643. The number of hydrogen-bond donors (Lipinski definition) is 1. The summed E-state index contributed by atoms with van der Waals surface area (Å²) in [4.78, 5) is 4.52. The monoisotopic (exact) mass is 260 g/mol. The Bertz CT molecular complexity index is 453. The molecule has 4 nitrogen and oxygen atoms in total. The van der Waals surface area contributed by atoms with Crippen molar-refractivity contribution in [3.05, 3.63) is 23.9 Å². The number of aromatic nitrogens is 1. The van der Waals surface area contributed by atoms with Gasteiger partial charge in [-0.3, -0.25) is 4.98 Å². The van der Waals surface area contributed by atoms with Crippen molar-refractivity contribution in [2.75, 3.05) is 13.1 Å². The maximum Gasteiger partial charge on any atom is 0.514 e. The third-order valence-electron chi connectivity index (χ3n) is 4.56. The van der Waals surface area contributed by atoms with Crippen molar-refractivity contribution in [3.63, 3.8) is 0 Å². The summed E-state index contributed by atoms with van der Waals surface area (Å²) in [5.41, 5.74) is 1.53. The summed E-state index contributed by atoms with van der Waals surface area (Å²) in [6.07, 6.45) is 1.95. The van der Waals surface area contributed by atoms with E-state index in [0.29, 0.717) is 5.92 Å². The number of pyridine rings is 1. The Hall–Kier alpha value is -0.905. The normalized spacial score (nSPS) is 25.4. The highest BCUT2D eigenvalue weighted by Gasteiger charge is 2.52. The molecule has 1 N–H and O–H groups in total. The molecule has 0 aromatic carbocycles. The largest absolute Gasteiger partial charge is 0.514 e. The fourth-order valence-electron chi connectivity index (χ4n) is 2.29. The maximum atomic E-state index is 5.99. The smallest absolute Gasteiger partial charge is 0.398 e. The van der Waals surface area contributed by atoms with Gasteiger partial charge in [-0.15, -0.1) is 0 Å². The first-order chi connectivity index (χ1) is 8.89. The molecule has 0 amide bonds. The van der Waals surface area contributed by atoms with Crippen LogP contribution >= 0.6 is 0 Å². The van der Waals surface area contributed by atoms with Crippen LogP contribution in [0, 0.1) is 0 Å². The van der Waals surface area contributed by atoms with Crippen LogP contribution in [-0.2, 0) is 9.31 Å². The number of nitrogens with one attached hydrogen (secondary N) is 1. The minimum atomic E-state index is -0.362. The molecule has 0 spiro atoms. The van der Waals surface area contributed by atoms with Crippen LogP contribution in [0.25, 0.3) is 0 Å². The highest BCUT2D eigenvalue weighted by molar-refractivity contribution is 6.61. The summed E-state index contributed by atoms with van der Waals surface area (Å²) in [6.45, 7) is 10.3. The average molecular weight is 260 g/mol. The molecule has 0 bridgehead atoms. The molecular weight excluding hydrogens is 239 g/mol. The summed E-state index contributed by atoms with van der Waals surface area (Å²) >= 11 is 0. The molecule has 19 heavy (non-hydrogen) atoms. The quantitative estimate of drug-likeness (QED) is 0.808. The van der Waals surface area contributed by atoms with Crippen molar-refractivity contribution >= 4 is 12.7 Å². The molecule has 1 aromatic rings. The molecule has 0 radical (unpaired) electrons. The topological polar surface area (TPSA) is 43.4 Å². The molecule has 2 aliphatic heterocycles. The van der Waals surface area contributed by atoms with E-state index in [1.807, 2.05) is 12.3 Å². The SMILES string of the molecule is CC1(C)OB(c2ccc(C3CNC3)cn2)OC1(C)C. The van der Waals surface area contributed by atoms with Crippen molar-refractivity contribution in [1.82, 2.24) is 10.3 Å². The summed E-state index contributed by atoms with van der Waals surface area (Å²) in [5, 5.41) is 3.27. The van der Waals surface area contributed by atoms with E-state index in [-0.39, 0.29) is 18.3 Å². The highest BCUT2D eigenvalue weighted by atomic mass is 16.7. The van der Waals surface area contributed by atoms with Gasteiger partial charge in [-0.25, -0.2) is 0 Å². The second-order valence-electron chi connectivity index (χ2n) is 6.46. The maximum absolute atomic E-state index is 5.99. The Morgan fingerprint density at radius 3 is 2.21 bits per heavy atom. The van der Waals surface area contributed by atoms with E-state index in [9.17, 15) is 0 Å². The van der Waals surface area contributed by atoms with E-state index >= 15 is 0 Å². The van der Waals surface area contributed by atoms with Gasteiger partial charge in [0.2, 0.25) is 0 Å². The molecule has 0 saturated carbocycles. The Morgan fingerprint density at radius 1 is 1.16 bits per heavy atom. The molecule has 1 aromatic heterocycles. The van der Waals surface area contributed by atoms with E-state index in [1.54, 1.807) is 0 Å². The van der Waals surface area contributed by atoms with Gasteiger partial charge in [-0.05, 0) is 39.3 Å². The minimum absolute atomic E-state index is 0.310. The molecule has 0 unspecified atom stereocenters. The van der Waals surface area contributed by atoms with Crippen molar-refractivity contribution in [1.29, 1.82) is 0 Å². The molecule has 0 aliphatic carbocycles. The summed E-state index contributed by atoms with van der Waals surface area (Å²) in [6, 6.07) is 4.16. The van der Waals surface area contributed by atoms with Gasteiger partial charge in [-0.1, -0.05) is 6.07 Å². The summed E-state index contributed by atoms with van der Waals surface area (Å²) in [7, 11) is -0.362. The third kappa shape index (κ3) is 2.20. The predicted molar refractivity (Wildman–Crippen MR) is 75.6 cm³/mol. The first-order valence-electron chi connectivity index (χ1n) is 6.91. The second kappa shape index (κ2) is 4.30. The van der Waals surface area contributed by atoms with Gasteiger partial charge in [0.1, 0.15) is 0 Å². The Kier molecular flexibility index (Phi) is 2.96. The zero-order valence-electron chi connectivity index (χ0n) is 12.1. The second-order valence-corrected chi connectivity index (χ2v) is 6.46. The van der Waals surface area contributed by atoms with Crippen molar-refractivity contribution in [2.24, 2.45) is 0 Å². The molecule has 2 aliphatic rings. The Morgan fingerprint density at radius 2 is 1.79 bits per heavy atom. The van der Waals surface area contributed by atoms with Crippen LogP contribution in [0.5, 0.6) is 0 Å². The van der Waals surface area contributed by atoms with E-state index in [1.165, 1.54) is 5.56 Å². The lowest BCUT2D eigenvalue weighted by Gasteiger charge is -2.32. The van der Waals surface area contributed by atoms with Crippen molar-refractivity contribution in [2.45, 2.75) is 44.8 Å². The van der Waals surface area contributed by atoms with Crippen molar-refractivity contribution < 1.29 is 9.31 Å². The van der Waals surface area contributed by atoms with Crippen LogP contribution in [0.1, 0.15) is 39.2 Å². The molecule has 102 valence electrons. The lowest BCUT2D eigenvalue weighted by atomic mass is 9.83. The van der Waals surface area contributed by atoms with E-state index < -0.39 is 0 Å². The average Bonchev–Trinajstić information content (AvgIpc) is 2.47. The van der Waals surface area contributed by atoms with Gasteiger partial charge in [0.05, 0.1) is 16.8 Å². The Balaban J connectivity index is 1.76. The molecular formula is C14H21BN2O2. The minimum Gasteiger partial charge on any atom is -0.398 e. The Labute approximate surface area is 115 Å². The first kappa shape index (κ1) is 13.1. The standard InChI is InChI=1S/C14H21BN2O2/c1-13(2)14(3,4)19-15(18-13)12-6-5-10(9-17-12)11-7-16-8-11/h5-6,9,11,16H,7-8H2,1-4H3. The molecule has 2 saturated heterocycles. The molecule has 3 heterocycles. The van der Waals surface area contributed by atoms with Crippen LogP contribution in [-0.4, -0.2) is 36.4 Å². The molecule has 0 atom stereocenters. The van der Waals surface area contributed by atoms with Crippen LogP contribution in [0.4, 0.5) is 0 Å². The van der Waals surface area contributed by atoms with Crippen molar-refractivity contribution in [3.8, 4) is 0 Å². The lowest BCUT2D eigenvalue weighted by Crippen LogP contribution is -2.41. The first-order valence-corrected chi connectivity index (χ1v) is 6.91. The zero-order chi connectivity index (χ0) is 13.7. The number of nitrogens with zero attached hydrogens (tertiary/aromatic N) is 1. The number of rotatable bonds is 2. The zero-order valence-corrected chi connectivity index (χ0v) is 12.1. The van der Waals surface area contributed by atoms with Gasteiger partial charge in [0.15, 0.2) is 0 Å². The summed E-state index contributed by atoms with van der Waals surface area (Å²) in [5.74, 6) is 0.611. The van der Waals surface area contributed by atoms with Crippen LogP contribution in [0.3, 0.4) is 0 Å². The van der Waals surface area contributed by atoms with E-state index in [4.69, 9.17) is 9.31 Å². The fourth-order valence-corrected chi connectivity index (χ4v) is 2.29. The third-order valence-corrected chi connectivity index (χ3v) is 4.56. The predicted octanol–water partition coefficient (Wildman–Crippen LogP) is 1.07. The molecule has 3 rings (SSSR count). The van der Waals surface area contributed by atoms with Crippen LogP contribution < -0.4 is 10.9 Å². The summed E-state index contributed by atoms with van der Waals surface area (Å²) < 4.78 is 12.0. The molecule has 2 fully saturated rings. The van der Waals surface area contributed by atoms with E-state index in [0.717, 1.165) is 18.7 Å². The number of hydrogen-bond acceptors (Lipinski definition) is 4. The highest BCUT2D eigenvalue weighted by Crippen LogP contribution is 2.36. The lowest BCUT2D eigenvalue weighted by molar-refractivity contribution is 0.00578. The molecule has 5 heteroatoms. The van der Waals surface area contributed by atoms with Gasteiger partial charge in [-0.2, -0.15) is 0 Å². The van der Waals surface area contributed by atoms with Gasteiger partial charge in [0.25, 0.3) is 0 Å². The van der Waals surface area contributed by atoms with E-state index in [2.05, 4.69) is 44.1 Å².